The van der Waals surface area contributed by atoms with Crippen LogP contribution < -0.4 is 0 Å². The fraction of sp³-hybridized carbons (Fsp3) is 1.00. The molecule has 1 aliphatic heterocycles. The normalized spacial score (nSPS) is 36.8. The fourth-order valence-electron chi connectivity index (χ4n) is 2.18. The lowest BCUT2D eigenvalue weighted by molar-refractivity contribution is -0.326. The van der Waals surface area contributed by atoms with Crippen molar-refractivity contribution in [2.24, 2.45) is 0 Å². The van der Waals surface area contributed by atoms with E-state index in [0.29, 0.717) is 0 Å². The highest BCUT2D eigenvalue weighted by Crippen LogP contribution is 2.24. The van der Waals surface area contributed by atoms with E-state index in [0.717, 1.165) is 0 Å². The van der Waals surface area contributed by atoms with Crippen LogP contribution in [-0.2, 0) is 14.2 Å². The molecule has 22 heavy (non-hydrogen) atoms. The highest BCUT2D eigenvalue weighted by atomic mass is 16.7. The van der Waals surface area contributed by atoms with Gasteiger partial charge in [0.05, 0.1) is 19.8 Å². The molecule has 0 spiro atoms. The van der Waals surface area contributed by atoms with E-state index in [1.165, 1.54) is 7.11 Å². The molecule has 7 N–H and O–H groups in total. The second-order valence-corrected chi connectivity index (χ2v) is 5.00. The molecular formula is C12H24O10. The van der Waals surface area contributed by atoms with Crippen LogP contribution >= 0.6 is 0 Å². The molecule has 1 heterocycles. The van der Waals surface area contributed by atoms with Crippen molar-refractivity contribution in [2.75, 3.05) is 26.9 Å². The zero-order chi connectivity index (χ0) is 16.9. The molecule has 0 aromatic rings. The Morgan fingerprint density at radius 2 is 1.64 bits per heavy atom. The quantitative estimate of drug-likeness (QED) is 0.230. The van der Waals surface area contributed by atoms with Gasteiger partial charge in [-0.2, -0.15) is 0 Å². The van der Waals surface area contributed by atoms with Gasteiger partial charge in [-0.3, -0.25) is 0 Å². The summed E-state index contributed by atoms with van der Waals surface area (Å²) in [5, 5.41) is 66.3. The minimum Gasteiger partial charge on any atom is -0.394 e. The molecule has 0 aromatic carbocycles. The summed E-state index contributed by atoms with van der Waals surface area (Å²) < 4.78 is 15.4. The van der Waals surface area contributed by atoms with Crippen molar-refractivity contribution in [3.05, 3.63) is 0 Å². The first-order valence-electron chi connectivity index (χ1n) is 6.79. The van der Waals surface area contributed by atoms with E-state index in [1.807, 2.05) is 0 Å². The summed E-state index contributed by atoms with van der Waals surface area (Å²) in [7, 11) is 1.24. The van der Waals surface area contributed by atoms with Gasteiger partial charge in [0.15, 0.2) is 6.29 Å². The van der Waals surface area contributed by atoms with Crippen molar-refractivity contribution in [2.45, 2.75) is 49.0 Å². The van der Waals surface area contributed by atoms with E-state index in [-0.39, 0.29) is 0 Å². The average Bonchev–Trinajstić information content (AvgIpc) is 2.54. The third-order valence-corrected chi connectivity index (χ3v) is 3.56. The first kappa shape index (κ1) is 19.6. The Labute approximate surface area is 127 Å². The van der Waals surface area contributed by atoms with Crippen LogP contribution in [0.2, 0.25) is 0 Å². The van der Waals surface area contributed by atoms with E-state index in [4.69, 9.17) is 24.4 Å². The molecular weight excluding hydrogens is 304 g/mol. The second-order valence-electron chi connectivity index (χ2n) is 5.00. The third-order valence-electron chi connectivity index (χ3n) is 3.56. The fourth-order valence-corrected chi connectivity index (χ4v) is 2.18. The topological polar surface area (TPSA) is 169 Å². The molecule has 8 atom stereocenters. The number of rotatable bonds is 8. The van der Waals surface area contributed by atoms with Crippen molar-refractivity contribution in [1.29, 1.82) is 0 Å². The minimum atomic E-state index is -1.66. The Morgan fingerprint density at radius 1 is 1.00 bits per heavy atom. The van der Waals surface area contributed by atoms with E-state index in [1.54, 1.807) is 0 Å². The lowest BCUT2D eigenvalue weighted by Crippen LogP contribution is -2.61. The summed E-state index contributed by atoms with van der Waals surface area (Å²) in [6.07, 6.45) is -11.3. The molecule has 10 heteroatoms. The molecule has 1 fully saturated rings. The lowest BCUT2D eigenvalue weighted by Gasteiger charge is -2.42. The molecule has 132 valence electrons. The number of hydrogen-bond acceptors (Lipinski definition) is 10. The average molecular weight is 328 g/mol. The molecule has 1 rings (SSSR count). The van der Waals surface area contributed by atoms with Crippen molar-refractivity contribution in [3.63, 3.8) is 0 Å². The Hall–Kier alpha value is -0.400. The molecule has 8 unspecified atom stereocenters. The molecule has 0 radical (unpaired) electrons. The van der Waals surface area contributed by atoms with Crippen LogP contribution in [0.5, 0.6) is 0 Å². The van der Waals surface area contributed by atoms with Gasteiger partial charge < -0.3 is 50.0 Å². The van der Waals surface area contributed by atoms with Crippen LogP contribution in [-0.4, -0.2) is 112 Å². The SMILES string of the molecule is COC(CO)C(OC1OC(CO)C(O)C(O)C1O)C(O)CO. The first-order chi connectivity index (χ1) is 10.4. The van der Waals surface area contributed by atoms with Crippen LogP contribution in [0.4, 0.5) is 0 Å². The van der Waals surface area contributed by atoms with E-state index < -0.39 is 68.8 Å². The molecule has 0 amide bonds. The van der Waals surface area contributed by atoms with Crippen LogP contribution in [0.25, 0.3) is 0 Å². The standard InChI is InChI=1S/C12H24O10/c1-20-7(4-15)11(5(16)2-13)22-12-10(19)9(18)8(17)6(3-14)21-12/h5-19H,2-4H2,1H3. The smallest absolute Gasteiger partial charge is 0.187 e. The molecule has 1 saturated heterocycles. The monoisotopic (exact) mass is 328 g/mol. The van der Waals surface area contributed by atoms with Gasteiger partial charge in [0.2, 0.25) is 0 Å². The number of aliphatic hydroxyl groups excluding tert-OH is 7. The summed E-state index contributed by atoms with van der Waals surface area (Å²) in [4.78, 5) is 0. The van der Waals surface area contributed by atoms with Gasteiger partial charge in [-0.1, -0.05) is 0 Å². The Balaban J connectivity index is 2.86. The van der Waals surface area contributed by atoms with Crippen molar-refractivity contribution >= 4 is 0 Å². The van der Waals surface area contributed by atoms with Crippen LogP contribution in [0.1, 0.15) is 0 Å². The first-order valence-corrected chi connectivity index (χ1v) is 6.79. The largest absolute Gasteiger partial charge is 0.394 e. The Morgan fingerprint density at radius 3 is 2.09 bits per heavy atom. The molecule has 0 bridgehead atoms. The second kappa shape index (κ2) is 9.03. The number of methoxy groups -OCH3 is 1. The lowest BCUT2D eigenvalue weighted by atomic mass is 9.99. The van der Waals surface area contributed by atoms with Crippen molar-refractivity contribution in [1.82, 2.24) is 0 Å². The minimum absolute atomic E-state index is 0.546. The zero-order valence-corrected chi connectivity index (χ0v) is 12.1. The molecule has 0 aromatic heterocycles. The number of aliphatic hydroxyl groups is 7. The van der Waals surface area contributed by atoms with Gasteiger partial charge in [-0.05, 0) is 0 Å². The Bertz CT molecular complexity index is 310. The third kappa shape index (κ3) is 4.32. The summed E-state index contributed by atoms with van der Waals surface area (Å²) in [6.45, 7) is -1.89. The van der Waals surface area contributed by atoms with Gasteiger partial charge in [-0.25, -0.2) is 0 Å². The number of hydrogen-bond donors (Lipinski definition) is 7. The predicted molar refractivity (Wildman–Crippen MR) is 69.6 cm³/mol. The van der Waals surface area contributed by atoms with Crippen LogP contribution in [0.3, 0.4) is 0 Å². The Kier molecular flexibility index (Phi) is 8.07. The van der Waals surface area contributed by atoms with E-state index in [2.05, 4.69) is 0 Å². The summed E-state index contributed by atoms with van der Waals surface area (Å²) in [6, 6.07) is 0. The van der Waals surface area contributed by atoms with Crippen molar-refractivity contribution < 1.29 is 50.0 Å². The molecule has 0 aliphatic carbocycles. The highest BCUT2D eigenvalue weighted by molar-refractivity contribution is 4.90. The van der Waals surface area contributed by atoms with Gasteiger partial charge in [0.25, 0.3) is 0 Å². The van der Waals surface area contributed by atoms with Gasteiger partial charge in [0, 0.05) is 7.11 Å². The maximum Gasteiger partial charge on any atom is 0.187 e. The van der Waals surface area contributed by atoms with E-state index >= 15 is 0 Å². The maximum atomic E-state index is 9.86. The highest BCUT2D eigenvalue weighted by Gasteiger charge is 2.46. The number of ether oxygens (including phenoxy) is 3. The molecule has 0 saturated carbocycles. The predicted octanol–water partition coefficient (Wildman–Crippen LogP) is -4.47. The van der Waals surface area contributed by atoms with Gasteiger partial charge in [-0.15, -0.1) is 0 Å². The zero-order valence-electron chi connectivity index (χ0n) is 12.1. The molecule has 1 aliphatic rings. The summed E-state index contributed by atoms with van der Waals surface area (Å²) >= 11 is 0. The molecule has 10 nitrogen and oxygen atoms in total. The van der Waals surface area contributed by atoms with Crippen LogP contribution in [0.15, 0.2) is 0 Å². The van der Waals surface area contributed by atoms with Crippen LogP contribution in [0, 0.1) is 0 Å². The van der Waals surface area contributed by atoms with Gasteiger partial charge >= 0.3 is 0 Å². The maximum absolute atomic E-state index is 9.86. The van der Waals surface area contributed by atoms with E-state index in [9.17, 15) is 25.5 Å². The van der Waals surface area contributed by atoms with Crippen molar-refractivity contribution in [3.8, 4) is 0 Å². The summed E-state index contributed by atoms with van der Waals surface area (Å²) in [5.41, 5.74) is 0. The van der Waals surface area contributed by atoms with Gasteiger partial charge in [0.1, 0.15) is 42.7 Å². The summed E-state index contributed by atoms with van der Waals surface area (Å²) in [5.74, 6) is 0.